The summed E-state index contributed by atoms with van der Waals surface area (Å²) in [5, 5.41) is 22.2. The number of aliphatic hydroxyl groups excluding tert-OH is 1. The Balaban J connectivity index is 2.64. The van der Waals surface area contributed by atoms with E-state index in [4.69, 9.17) is 5.11 Å². The standard InChI is InChI=1S/C12H16N2O4/c1-2-10(8-15)13-12(16)7-9-4-3-5-11(6-9)14(17)18/h3-6,10,15H,2,7-8H2,1H3,(H,13,16)/t10-/m0/s1. The number of hydrogen-bond acceptors (Lipinski definition) is 4. The first-order valence-corrected chi connectivity index (χ1v) is 5.70. The lowest BCUT2D eigenvalue weighted by molar-refractivity contribution is -0.384. The molecule has 0 aliphatic carbocycles. The zero-order valence-corrected chi connectivity index (χ0v) is 10.1. The van der Waals surface area contributed by atoms with Crippen molar-refractivity contribution in [1.82, 2.24) is 5.32 Å². The van der Waals surface area contributed by atoms with Gasteiger partial charge < -0.3 is 10.4 Å². The molecule has 0 bridgehead atoms. The number of rotatable bonds is 6. The van der Waals surface area contributed by atoms with Crippen molar-refractivity contribution in [2.75, 3.05) is 6.61 Å². The van der Waals surface area contributed by atoms with E-state index in [1.54, 1.807) is 12.1 Å². The number of nitrogens with one attached hydrogen (secondary N) is 1. The molecule has 6 nitrogen and oxygen atoms in total. The van der Waals surface area contributed by atoms with Gasteiger partial charge in [-0.2, -0.15) is 0 Å². The van der Waals surface area contributed by atoms with Crippen molar-refractivity contribution in [3.8, 4) is 0 Å². The molecule has 0 saturated carbocycles. The number of nitro groups is 1. The largest absolute Gasteiger partial charge is 0.394 e. The molecule has 0 unspecified atom stereocenters. The van der Waals surface area contributed by atoms with Crippen LogP contribution < -0.4 is 5.32 Å². The van der Waals surface area contributed by atoms with Crippen LogP contribution in [0, 0.1) is 10.1 Å². The summed E-state index contributed by atoms with van der Waals surface area (Å²) in [7, 11) is 0. The van der Waals surface area contributed by atoms with Crippen LogP contribution in [-0.4, -0.2) is 28.6 Å². The first-order chi connectivity index (χ1) is 8.56. The summed E-state index contributed by atoms with van der Waals surface area (Å²) in [5.74, 6) is -0.253. The molecular formula is C12H16N2O4. The van der Waals surface area contributed by atoms with Gasteiger partial charge in [-0.05, 0) is 12.0 Å². The maximum Gasteiger partial charge on any atom is 0.269 e. The lowest BCUT2D eigenvalue weighted by Gasteiger charge is -2.13. The molecule has 0 spiro atoms. The molecule has 0 fully saturated rings. The van der Waals surface area contributed by atoms with E-state index in [-0.39, 0.29) is 30.7 Å². The molecule has 0 aliphatic rings. The zero-order chi connectivity index (χ0) is 13.5. The van der Waals surface area contributed by atoms with Gasteiger partial charge in [0, 0.05) is 12.1 Å². The predicted octanol–water partition coefficient (Wildman–Crippen LogP) is 1.02. The maximum absolute atomic E-state index is 11.6. The smallest absolute Gasteiger partial charge is 0.269 e. The number of nitro benzene ring substituents is 1. The second-order valence-corrected chi connectivity index (χ2v) is 3.96. The Kier molecular flexibility index (Phi) is 5.26. The number of hydrogen-bond donors (Lipinski definition) is 2. The van der Waals surface area contributed by atoms with Crippen LogP contribution in [0.1, 0.15) is 18.9 Å². The van der Waals surface area contributed by atoms with Gasteiger partial charge >= 0.3 is 0 Å². The fourth-order valence-electron chi connectivity index (χ4n) is 1.52. The average molecular weight is 252 g/mol. The van der Waals surface area contributed by atoms with Crippen molar-refractivity contribution in [2.45, 2.75) is 25.8 Å². The van der Waals surface area contributed by atoms with Crippen molar-refractivity contribution in [3.05, 3.63) is 39.9 Å². The molecule has 98 valence electrons. The minimum atomic E-state index is -0.496. The van der Waals surface area contributed by atoms with Crippen molar-refractivity contribution in [1.29, 1.82) is 0 Å². The number of carbonyl (C=O) groups is 1. The molecule has 1 aromatic carbocycles. The van der Waals surface area contributed by atoms with Gasteiger partial charge in [-0.3, -0.25) is 14.9 Å². The van der Waals surface area contributed by atoms with Crippen LogP contribution in [0.3, 0.4) is 0 Å². The third-order valence-electron chi connectivity index (χ3n) is 2.56. The van der Waals surface area contributed by atoms with Crippen LogP contribution in [0.25, 0.3) is 0 Å². The maximum atomic E-state index is 11.6. The van der Waals surface area contributed by atoms with Gasteiger partial charge in [0.05, 0.1) is 24.0 Å². The highest BCUT2D eigenvalue weighted by molar-refractivity contribution is 5.79. The Morgan fingerprint density at radius 2 is 2.28 bits per heavy atom. The molecule has 1 amide bonds. The highest BCUT2D eigenvalue weighted by Gasteiger charge is 2.11. The van der Waals surface area contributed by atoms with Gasteiger partial charge in [0.25, 0.3) is 5.69 Å². The highest BCUT2D eigenvalue weighted by Crippen LogP contribution is 2.13. The monoisotopic (exact) mass is 252 g/mol. The van der Waals surface area contributed by atoms with Gasteiger partial charge in [0.1, 0.15) is 0 Å². The van der Waals surface area contributed by atoms with Crippen molar-refractivity contribution in [3.63, 3.8) is 0 Å². The van der Waals surface area contributed by atoms with E-state index >= 15 is 0 Å². The molecule has 0 heterocycles. The summed E-state index contributed by atoms with van der Waals surface area (Å²) in [5.41, 5.74) is 0.545. The van der Waals surface area contributed by atoms with E-state index in [9.17, 15) is 14.9 Å². The van der Waals surface area contributed by atoms with E-state index in [1.807, 2.05) is 6.92 Å². The lowest BCUT2D eigenvalue weighted by Crippen LogP contribution is -2.37. The normalized spacial score (nSPS) is 11.9. The second kappa shape index (κ2) is 6.70. The van der Waals surface area contributed by atoms with Crippen LogP contribution in [0.15, 0.2) is 24.3 Å². The third kappa shape index (κ3) is 4.14. The summed E-state index contributed by atoms with van der Waals surface area (Å²) < 4.78 is 0. The van der Waals surface area contributed by atoms with Gasteiger partial charge in [-0.1, -0.05) is 19.1 Å². The van der Waals surface area contributed by atoms with Crippen LogP contribution in [-0.2, 0) is 11.2 Å². The Morgan fingerprint density at radius 3 is 2.83 bits per heavy atom. The zero-order valence-electron chi connectivity index (χ0n) is 10.1. The van der Waals surface area contributed by atoms with E-state index in [0.29, 0.717) is 12.0 Å². The first kappa shape index (κ1) is 14.1. The summed E-state index contributed by atoms with van der Waals surface area (Å²) in [6.45, 7) is 1.74. The summed E-state index contributed by atoms with van der Waals surface area (Å²) in [6.07, 6.45) is 0.704. The summed E-state index contributed by atoms with van der Waals surface area (Å²) in [6, 6.07) is 5.69. The molecule has 18 heavy (non-hydrogen) atoms. The Hall–Kier alpha value is -1.95. The minimum absolute atomic E-state index is 0.0329. The van der Waals surface area contributed by atoms with Crippen LogP contribution in [0.5, 0.6) is 0 Å². The average Bonchev–Trinajstić information content (AvgIpc) is 2.36. The number of amides is 1. The molecule has 0 saturated heterocycles. The number of carbonyl (C=O) groups excluding carboxylic acids is 1. The van der Waals surface area contributed by atoms with Crippen molar-refractivity contribution >= 4 is 11.6 Å². The Bertz CT molecular complexity index is 430. The van der Waals surface area contributed by atoms with E-state index < -0.39 is 4.92 Å². The van der Waals surface area contributed by atoms with Crippen LogP contribution in [0.2, 0.25) is 0 Å². The molecule has 0 aromatic heterocycles. The summed E-state index contributed by atoms with van der Waals surface area (Å²) >= 11 is 0. The number of benzene rings is 1. The topological polar surface area (TPSA) is 92.5 Å². The number of aliphatic hydroxyl groups is 1. The van der Waals surface area contributed by atoms with Gasteiger partial charge in [-0.15, -0.1) is 0 Å². The highest BCUT2D eigenvalue weighted by atomic mass is 16.6. The fraction of sp³-hybridized carbons (Fsp3) is 0.417. The van der Waals surface area contributed by atoms with E-state index in [0.717, 1.165) is 0 Å². The Morgan fingerprint density at radius 1 is 1.56 bits per heavy atom. The second-order valence-electron chi connectivity index (χ2n) is 3.96. The first-order valence-electron chi connectivity index (χ1n) is 5.70. The van der Waals surface area contributed by atoms with E-state index in [2.05, 4.69) is 5.32 Å². The van der Waals surface area contributed by atoms with Gasteiger partial charge in [0.15, 0.2) is 0 Å². The molecule has 1 rings (SSSR count). The van der Waals surface area contributed by atoms with Crippen LogP contribution >= 0.6 is 0 Å². The fourth-order valence-corrected chi connectivity index (χ4v) is 1.52. The van der Waals surface area contributed by atoms with Crippen LogP contribution in [0.4, 0.5) is 5.69 Å². The summed E-state index contributed by atoms with van der Waals surface area (Å²) in [4.78, 5) is 21.7. The lowest BCUT2D eigenvalue weighted by atomic mass is 10.1. The van der Waals surface area contributed by atoms with E-state index in [1.165, 1.54) is 12.1 Å². The molecular weight excluding hydrogens is 236 g/mol. The Labute approximate surface area is 105 Å². The molecule has 2 N–H and O–H groups in total. The number of nitrogens with zero attached hydrogens (tertiary/aromatic N) is 1. The molecule has 0 radical (unpaired) electrons. The predicted molar refractivity (Wildman–Crippen MR) is 66.1 cm³/mol. The third-order valence-corrected chi connectivity index (χ3v) is 2.56. The minimum Gasteiger partial charge on any atom is -0.394 e. The quantitative estimate of drug-likeness (QED) is 0.584. The SMILES string of the molecule is CC[C@@H](CO)NC(=O)Cc1cccc([N+](=O)[O-])c1. The molecule has 0 aliphatic heterocycles. The molecule has 6 heteroatoms. The van der Waals surface area contributed by atoms with Gasteiger partial charge in [0.2, 0.25) is 5.91 Å². The van der Waals surface area contributed by atoms with Crippen molar-refractivity contribution < 1.29 is 14.8 Å². The number of non-ortho nitro benzene ring substituents is 1. The molecule has 1 aromatic rings. The molecule has 1 atom stereocenters. The van der Waals surface area contributed by atoms with Crippen molar-refractivity contribution in [2.24, 2.45) is 0 Å². The van der Waals surface area contributed by atoms with Gasteiger partial charge in [-0.25, -0.2) is 0 Å².